The second-order valence-corrected chi connectivity index (χ2v) is 3.72. The van der Waals surface area contributed by atoms with Gasteiger partial charge in [0.2, 0.25) is 0 Å². The van der Waals surface area contributed by atoms with E-state index in [1.54, 1.807) is 10.9 Å². The van der Waals surface area contributed by atoms with Gasteiger partial charge < -0.3 is 15.1 Å². The number of aliphatic hydroxyl groups is 1. The Hall–Kier alpha value is -1.40. The molecule has 0 aliphatic carbocycles. The lowest BCUT2D eigenvalue weighted by atomic mass is 10.3. The molecule has 0 aromatic carbocycles. The first-order chi connectivity index (χ1) is 7.61. The topological polar surface area (TPSA) is 78.6 Å². The normalized spacial score (nSPS) is 10.9. The van der Waals surface area contributed by atoms with Crippen LogP contribution in [0.15, 0.2) is 12.4 Å². The van der Waals surface area contributed by atoms with E-state index in [1.807, 2.05) is 18.1 Å². The molecule has 90 valence electrons. The van der Waals surface area contributed by atoms with E-state index in [2.05, 4.69) is 5.10 Å². The van der Waals surface area contributed by atoms with Crippen LogP contribution >= 0.6 is 0 Å². The number of aliphatic hydroxyl groups excluding tert-OH is 1. The number of carboxylic acids is 1. The average Bonchev–Trinajstić information content (AvgIpc) is 2.63. The van der Waals surface area contributed by atoms with Crippen molar-refractivity contribution in [2.24, 2.45) is 0 Å². The van der Waals surface area contributed by atoms with Gasteiger partial charge in [-0.3, -0.25) is 9.48 Å². The van der Waals surface area contributed by atoms with Crippen molar-refractivity contribution in [3.8, 4) is 0 Å². The molecule has 0 amide bonds. The number of rotatable bonds is 7. The fraction of sp³-hybridized carbons (Fsp3) is 0.600. The number of hydrogen-bond acceptors (Lipinski definition) is 4. The molecule has 0 saturated carbocycles. The van der Waals surface area contributed by atoms with Crippen molar-refractivity contribution in [1.82, 2.24) is 14.7 Å². The van der Waals surface area contributed by atoms with Crippen LogP contribution in [0.2, 0.25) is 0 Å². The molecule has 0 saturated heterocycles. The molecular formula is C10H17N3O3. The Morgan fingerprint density at radius 1 is 1.62 bits per heavy atom. The number of hydrogen-bond donors (Lipinski definition) is 2. The van der Waals surface area contributed by atoms with E-state index in [9.17, 15) is 4.79 Å². The molecule has 0 atom stereocenters. The van der Waals surface area contributed by atoms with Crippen molar-refractivity contribution in [3.05, 3.63) is 18.0 Å². The van der Waals surface area contributed by atoms with Gasteiger partial charge in [0.05, 0.1) is 25.8 Å². The van der Waals surface area contributed by atoms with Crippen LogP contribution in [-0.2, 0) is 17.9 Å². The SMILES string of the molecule is CN(CCC(=O)O)Cc1cnn(CCO)c1. The van der Waals surface area contributed by atoms with Gasteiger partial charge in [-0.15, -0.1) is 0 Å². The zero-order chi connectivity index (χ0) is 12.0. The van der Waals surface area contributed by atoms with Crippen molar-refractivity contribution >= 4 is 5.97 Å². The van der Waals surface area contributed by atoms with E-state index in [0.29, 0.717) is 19.6 Å². The highest BCUT2D eigenvalue weighted by molar-refractivity contribution is 5.66. The molecule has 0 radical (unpaired) electrons. The first-order valence-electron chi connectivity index (χ1n) is 5.14. The van der Waals surface area contributed by atoms with Crippen molar-refractivity contribution < 1.29 is 15.0 Å². The lowest BCUT2D eigenvalue weighted by Gasteiger charge is -2.13. The van der Waals surface area contributed by atoms with Crippen molar-refractivity contribution in [2.75, 3.05) is 20.2 Å². The molecule has 1 aromatic rings. The highest BCUT2D eigenvalue weighted by atomic mass is 16.4. The number of aromatic nitrogens is 2. The third-order valence-electron chi connectivity index (χ3n) is 2.18. The van der Waals surface area contributed by atoms with Crippen LogP contribution in [0.25, 0.3) is 0 Å². The minimum atomic E-state index is -0.789. The minimum absolute atomic E-state index is 0.0654. The Kier molecular flexibility index (Phi) is 4.94. The van der Waals surface area contributed by atoms with Gasteiger partial charge in [-0.05, 0) is 7.05 Å². The molecule has 0 fully saturated rings. The number of carboxylic acid groups (broad SMARTS) is 1. The second-order valence-electron chi connectivity index (χ2n) is 3.72. The first kappa shape index (κ1) is 12.7. The Morgan fingerprint density at radius 2 is 2.38 bits per heavy atom. The maximum absolute atomic E-state index is 10.4. The van der Waals surface area contributed by atoms with E-state index in [4.69, 9.17) is 10.2 Å². The van der Waals surface area contributed by atoms with Crippen molar-refractivity contribution in [2.45, 2.75) is 19.5 Å². The summed E-state index contributed by atoms with van der Waals surface area (Å²) in [6.45, 7) is 1.73. The first-order valence-corrected chi connectivity index (χ1v) is 5.14. The van der Waals surface area contributed by atoms with Gasteiger partial charge in [0.15, 0.2) is 0 Å². The molecule has 0 aliphatic rings. The zero-order valence-electron chi connectivity index (χ0n) is 9.33. The van der Waals surface area contributed by atoms with Gasteiger partial charge in [-0.1, -0.05) is 0 Å². The molecule has 6 heteroatoms. The van der Waals surface area contributed by atoms with Gasteiger partial charge in [0.1, 0.15) is 0 Å². The van der Waals surface area contributed by atoms with Gasteiger partial charge in [-0.2, -0.15) is 5.10 Å². The van der Waals surface area contributed by atoms with Gasteiger partial charge in [-0.25, -0.2) is 0 Å². The van der Waals surface area contributed by atoms with E-state index >= 15 is 0 Å². The monoisotopic (exact) mass is 227 g/mol. The summed E-state index contributed by atoms with van der Waals surface area (Å²) in [5.41, 5.74) is 1.02. The third-order valence-corrected chi connectivity index (χ3v) is 2.18. The highest BCUT2D eigenvalue weighted by Crippen LogP contribution is 2.02. The number of aliphatic carboxylic acids is 1. The predicted molar refractivity (Wildman–Crippen MR) is 57.9 cm³/mol. The Labute approximate surface area is 94.1 Å². The van der Waals surface area contributed by atoms with Gasteiger partial charge in [0, 0.05) is 24.8 Å². The minimum Gasteiger partial charge on any atom is -0.481 e. The molecule has 0 unspecified atom stereocenters. The fourth-order valence-electron chi connectivity index (χ4n) is 1.39. The van der Waals surface area contributed by atoms with E-state index < -0.39 is 5.97 Å². The summed E-state index contributed by atoms with van der Waals surface area (Å²) in [6.07, 6.45) is 3.72. The smallest absolute Gasteiger partial charge is 0.304 e. The molecule has 1 aromatic heterocycles. The molecule has 16 heavy (non-hydrogen) atoms. The molecule has 2 N–H and O–H groups in total. The summed E-state index contributed by atoms with van der Waals surface area (Å²) in [4.78, 5) is 12.3. The summed E-state index contributed by atoms with van der Waals surface area (Å²) in [7, 11) is 1.87. The predicted octanol–water partition coefficient (Wildman–Crippen LogP) is -0.218. The Morgan fingerprint density at radius 3 is 3.00 bits per heavy atom. The molecule has 6 nitrogen and oxygen atoms in total. The van der Waals surface area contributed by atoms with Crippen LogP contribution in [0.3, 0.4) is 0 Å². The van der Waals surface area contributed by atoms with Crippen LogP contribution in [0.1, 0.15) is 12.0 Å². The van der Waals surface area contributed by atoms with E-state index in [1.165, 1.54) is 0 Å². The summed E-state index contributed by atoms with van der Waals surface area (Å²) in [5, 5.41) is 21.3. The van der Waals surface area contributed by atoms with Gasteiger partial charge >= 0.3 is 5.97 Å². The molecular weight excluding hydrogens is 210 g/mol. The van der Waals surface area contributed by atoms with Crippen LogP contribution in [0.4, 0.5) is 0 Å². The standard InChI is InChI=1S/C10H17N3O3/c1-12(3-2-10(15)16)7-9-6-11-13(8-9)4-5-14/h6,8,14H,2-5,7H2,1H3,(H,15,16). The lowest BCUT2D eigenvalue weighted by Crippen LogP contribution is -2.21. The molecule has 0 bridgehead atoms. The Balaban J connectivity index is 2.37. The second kappa shape index (κ2) is 6.24. The van der Waals surface area contributed by atoms with Crippen LogP contribution in [-0.4, -0.2) is 51.1 Å². The van der Waals surface area contributed by atoms with Crippen LogP contribution in [0.5, 0.6) is 0 Å². The maximum Gasteiger partial charge on any atom is 0.304 e. The van der Waals surface area contributed by atoms with Crippen LogP contribution in [0, 0.1) is 0 Å². The molecule has 0 aliphatic heterocycles. The largest absolute Gasteiger partial charge is 0.481 e. The summed E-state index contributed by atoms with van der Waals surface area (Å²) in [5.74, 6) is -0.789. The number of carbonyl (C=O) groups is 1. The molecule has 0 spiro atoms. The van der Waals surface area contributed by atoms with Crippen LogP contribution < -0.4 is 0 Å². The quantitative estimate of drug-likeness (QED) is 0.673. The fourth-order valence-corrected chi connectivity index (χ4v) is 1.39. The van der Waals surface area contributed by atoms with E-state index in [0.717, 1.165) is 5.56 Å². The summed E-state index contributed by atoms with van der Waals surface area (Å²) in [6, 6.07) is 0. The lowest BCUT2D eigenvalue weighted by molar-refractivity contribution is -0.137. The Bertz CT molecular complexity index is 338. The molecule has 1 rings (SSSR count). The highest BCUT2D eigenvalue weighted by Gasteiger charge is 2.05. The summed E-state index contributed by atoms with van der Waals surface area (Å²) >= 11 is 0. The number of nitrogens with zero attached hydrogens (tertiary/aromatic N) is 3. The van der Waals surface area contributed by atoms with Crippen molar-refractivity contribution in [3.63, 3.8) is 0 Å². The average molecular weight is 227 g/mol. The van der Waals surface area contributed by atoms with Gasteiger partial charge in [0.25, 0.3) is 0 Å². The van der Waals surface area contributed by atoms with Crippen molar-refractivity contribution in [1.29, 1.82) is 0 Å². The molecule has 1 heterocycles. The maximum atomic E-state index is 10.4. The zero-order valence-corrected chi connectivity index (χ0v) is 9.33. The van der Waals surface area contributed by atoms with E-state index in [-0.39, 0.29) is 13.0 Å². The summed E-state index contributed by atoms with van der Waals surface area (Å²) < 4.78 is 1.67. The third kappa shape index (κ3) is 4.41.